The van der Waals surface area contributed by atoms with Gasteiger partial charge in [0, 0.05) is 18.8 Å². The van der Waals surface area contributed by atoms with Gasteiger partial charge in [0.25, 0.3) is 0 Å². The van der Waals surface area contributed by atoms with Crippen molar-refractivity contribution in [2.45, 2.75) is 32.8 Å². The lowest BCUT2D eigenvalue weighted by Crippen LogP contribution is -2.38. The van der Waals surface area contributed by atoms with Crippen LogP contribution in [-0.4, -0.2) is 41.1 Å². The number of nitrogens with zero attached hydrogens (tertiary/aromatic N) is 3. The van der Waals surface area contributed by atoms with E-state index in [0.29, 0.717) is 5.15 Å². The van der Waals surface area contributed by atoms with Crippen LogP contribution in [0.4, 0.5) is 0 Å². The zero-order valence-electron chi connectivity index (χ0n) is 11.0. The molecule has 2 rings (SSSR count). The summed E-state index contributed by atoms with van der Waals surface area (Å²) in [7, 11) is 0. The lowest BCUT2D eigenvalue weighted by Gasteiger charge is -2.31. The van der Waals surface area contributed by atoms with E-state index in [1.165, 1.54) is 0 Å². The van der Waals surface area contributed by atoms with Gasteiger partial charge in [-0.25, -0.2) is 9.97 Å². The van der Waals surface area contributed by atoms with Crippen molar-refractivity contribution in [3.63, 3.8) is 0 Å². The van der Waals surface area contributed by atoms with E-state index >= 15 is 0 Å². The van der Waals surface area contributed by atoms with Crippen molar-refractivity contribution in [3.8, 4) is 0 Å². The SMILES string of the molecule is CCCc1cc(Cl)nc(C2CN(CC)CCO2)n1. The molecule has 0 saturated carbocycles. The Morgan fingerprint density at radius 1 is 1.44 bits per heavy atom. The Kier molecular flexibility index (Phi) is 4.92. The summed E-state index contributed by atoms with van der Waals surface area (Å²) in [6, 6.07) is 1.84. The molecular weight excluding hydrogens is 250 g/mol. The fourth-order valence-electron chi connectivity index (χ4n) is 2.16. The summed E-state index contributed by atoms with van der Waals surface area (Å²) in [4.78, 5) is 11.2. The lowest BCUT2D eigenvalue weighted by atomic mass is 10.2. The summed E-state index contributed by atoms with van der Waals surface area (Å²) in [5.41, 5.74) is 1.00. The summed E-state index contributed by atoms with van der Waals surface area (Å²) in [6.07, 6.45) is 1.94. The van der Waals surface area contributed by atoms with Gasteiger partial charge < -0.3 is 4.74 Å². The number of aromatic nitrogens is 2. The Bertz CT molecular complexity index is 400. The minimum atomic E-state index is -0.0481. The Labute approximate surface area is 113 Å². The van der Waals surface area contributed by atoms with Gasteiger partial charge in [-0.1, -0.05) is 31.9 Å². The van der Waals surface area contributed by atoms with Crippen LogP contribution in [0.1, 0.15) is 37.9 Å². The third kappa shape index (κ3) is 3.40. The first-order valence-electron chi connectivity index (χ1n) is 6.60. The van der Waals surface area contributed by atoms with Gasteiger partial charge in [-0.15, -0.1) is 0 Å². The quantitative estimate of drug-likeness (QED) is 0.787. The first kappa shape index (κ1) is 13.7. The van der Waals surface area contributed by atoms with Crippen LogP contribution >= 0.6 is 11.6 Å². The molecule has 1 unspecified atom stereocenters. The lowest BCUT2D eigenvalue weighted by molar-refractivity contribution is -0.0326. The summed E-state index contributed by atoms with van der Waals surface area (Å²) in [5, 5.41) is 0.515. The molecule has 0 bridgehead atoms. The highest BCUT2D eigenvalue weighted by molar-refractivity contribution is 6.29. The van der Waals surface area contributed by atoms with E-state index in [1.807, 2.05) is 6.07 Å². The molecular formula is C13H20ClN3O. The van der Waals surface area contributed by atoms with Crippen LogP contribution in [0.15, 0.2) is 6.07 Å². The minimum Gasteiger partial charge on any atom is -0.368 e. The van der Waals surface area contributed by atoms with Crippen molar-refractivity contribution in [2.75, 3.05) is 26.2 Å². The fourth-order valence-corrected chi connectivity index (χ4v) is 2.37. The van der Waals surface area contributed by atoms with E-state index in [4.69, 9.17) is 16.3 Å². The van der Waals surface area contributed by atoms with Crippen molar-refractivity contribution < 1.29 is 4.74 Å². The van der Waals surface area contributed by atoms with Crippen molar-refractivity contribution in [1.82, 2.24) is 14.9 Å². The third-order valence-electron chi connectivity index (χ3n) is 3.16. The highest BCUT2D eigenvalue weighted by Crippen LogP contribution is 2.21. The Hall–Kier alpha value is -0.710. The number of likely N-dealkylation sites (N-methyl/N-ethyl adjacent to an activating group) is 1. The van der Waals surface area contributed by atoms with Crippen LogP contribution in [0.2, 0.25) is 5.15 Å². The van der Waals surface area contributed by atoms with Gasteiger partial charge >= 0.3 is 0 Å². The first-order chi connectivity index (χ1) is 8.72. The van der Waals surface area contributed by atoms with Crippen LogP contribution in [0.5, 0.6) is 0 Å². The normalized spacial score (nSPS) is 21.2. The van der Waals surface area contributed by atoms with Gasteiger partial charge in [0.2, 0.25) is 0 Å². The second-order valence-corrected chi connectivity index (χ2v) is 4.93. The van der Waals surface area contributed by atoms with Crippen molar-refractivity contribution in [3.05, 3.63) is 22.7 Å². The van der Waals surface area contributed by atoms with Crippen LogP contribution in [0, 0.1) is 0 Å². The molecule has 1 saturated heterocycles. The topological polar surface area (TPSA) is 38.2 Å². The highest BCUT2D eigenvalue weighted by atomic mass is 35.5. The molecule has 1 atom stereocenters. The summed E-state index contributed by atoms with van der Waals surface area (Å²) < 4.78 is 5.76. The number of hydrogen-bond acceptors (Lipinski definition) is 4. The van der Waals surface area contributed by atoms with E-state index < -0.39 is 0 Å². The van der Waals surface area contributed by atoms with Crippen molar-refractivity contribution in [1.29, 1.82) is 0 Å². The molecule has 4 nitrogen and oxygen atoms in total. The standard InChI is InChI=1S/C13H20ClN3O/c1-3-5-10-8-12(14)16-13(15-10)11-9-17(4-2)6-7-18-11/h8,11H,3-7,9H2,1-2H3. The molecule has 100 valence electrons. The van der Waals surface area contributed by atoms with Gasteiger partial charge in [-0.3, -0.25) is 4.90 Å². The van der Waals surface area contributed by atoms with E-state index in [-0.39, 0.29) is 6.10 Å². The molecule has 1 fully saturated rings. The maximum absolute atomic E-state index is 6.05. The molecule has 0 aliphatic carbocycles. The van der Waals surface area contributed by atoms with Gasteiger partial charge in [0.05, 0.1) is 6.61 Å². The molecule has 1 aliphatic rings. The molecule has 1 aromatic rings. The van der Waals surface area contributed by atoms with Gasteiger partial charge in [-0.2, -0.15) is 0 Å². The van der Waals surface area contributed by atoms with Crippen molar-refractivity contribution >= 4 is 11.6 Å². The van der Waals surface area contributed by atoms with E-state index in [2.05, 4.69) is 28.7 Å². The number of morpholine rings is 1. The van der Waals surface area contributed by atoms with E-state index in [1.54, 1.807) is 0 Å². The highest BCUT2D eigenvalue weighted by Gasteiger charge is 2.23. The minimum absolute atomic E-state index is 0.0481. The molecule has 0 aromatic carbocycles. The molecule has 0 spiro atoms. The number of aryl methyl sites for hydroxylation is 1. The van der Waals surface area contributed by atoms with Gasteiger partial charge in [0.1, 0.15) is 11.3 Å². The first-order valence-corrected chi connectivity index (χ1v) is 6.98. The van der Waals surface area contributed by atoms with E-state index in [0.717, 1.165) is 50.6 Å². The predicted molar refractivity (Wildman–Crippen MR) is 71.8 cm³/mol. The smallest absolute Gasteiger partial charge is 0.160 e. The number of ether oxygens (including phenoxy) is 1. The fraction of sp³-hybridized carbons (Fsp3) is 0.692. The monoisotopic (exact) mass is 269 g/mol. The molecule has 0 N–H and O–H groups in total. The molecule has 0 amide bonds. The number of hydrogen-bond donors (Lipinski definition) is 0. The van der Waals surface area contributed by atoms with Crippen LogP contribution in [0.3, 0.4) is 0 Å². The molecule has 18 heavy (non-hydrogen) atoms. The summed E-state index contributed by atoms with van der Waals surface area (Å²) in [5.74, 6) is 0.726. The predicted octanol–water partition coefficient (Wildman–Crippen LogP) is 2.48. The molecule has 1 aromatic heterocycles. The summed E-state index contributed by atoms with van der Waals surface area (Å²) >= 11 is 6.05. The number of rotatable bonds is 4. The molecule has 5 heteroatoms. The maximum Gasteiger partial charge on any atom is 0.160 e. The average Bonchev–Trinajstić information content (AvgIpc) is 2.38. The second-order valence-electron chi connectivity index (χ2n) is 4.54. The van der Waals surface area contributed by atoms with Gasteiger partial charge in [-0.05, 0) is 19.0 Å². The Balaban J connectivity index is 2.16. The molecule has 0 radical (unpaired) electrons. The Morgan fingerprint density at radius 3 is 3.00 bits per heavy atom. The zero-order valence-corrected chi connectivity index (χ0v) is 11.8. The number of halogens is 1. The zero-order chi connectivity index (χ0) is 13.0. The van der Waals surface area contributed by atoms with Crippen LogP contribution in [-0.2, 0) is 11.2 Å². The Morgan fingerprint density at radius 2 is 2.28 bits per heavy atom. The van der Waals surface area contributed by atoms with Crippen molar-refractivity contribution in [2.24, 2.45) is 0 Å². The van der Waals surface area contributed by atoms with Crippen LogP contribution in [0.25, 0.3) is 0 Å². The molecule has 1 aliphatic heterocycles. The maximum atomic E-state index is 6.05. The largest absolute Gasteiger partial charge is 0.368 e. The van der Waals surface area contributed by atoms with Gasteiger partial charge in [0.15, 0.2) is 5.82 Å². The summed E-state index contributed by atoms with van der Waals surface area (Å²) in [6.45, 7) is 7.88. The average molecular weight is 270 g/mol. The molecule has 2 heterocycles. The third-order valence-corrected chi connectivity index (χ3v) is 3.35. The van der Waals surface area contributed by atoms with E-state index in [9.17, 15) is 0 Å². The van der Waals surface area contributed by atoms with Crippen LogP contribution < -0.4 is 0 Å². The second kappa shape index (κ2) is 6.45.